The van der Waals surface area contributed by atoms with Crippen LogP contribution >= 0.6 is 0 Å². The van der Waals surface area contributed by atoms with Gasteiger partial charge in [-0.05, 0) is 57.9 Å². The van der Waals surface area contributed by atoms with Crippen LogP contribution in [0.2, 0.25) is 0 Å². The first-order valence-electron chi connectivity index (χ1n) is 20.5. The number of rotatable bonds is 25. The fraction of sp³-hybridized carbons (Fsp3) is 0.575. The van der Waals surface area contributed by atoms with Gasteiger partial charge >= 0.3 is 11.9 Å². The highest BCUT2D eigenvalue weighted by Gasteiger charge is 2.39. The first kappa shape index (κ1) is 53.4. The molecule has 1 aliphatic rings. The summed E-state index contributed by atoms with van der Waals surface area (Å²) in [6.07, 6.45) is -1.04. The van der Waals surface area contributed by atoms with Crippen molar-refractivity contribution in [3.63, 3.8) is 0 Å². The Kier molecular flexibility index (Phi) is 21.2. The zero-order valence-electron chi connectivity index (χ0n) is 36.3. The number of nitrogens with one attached hydrogen (secondary N) is 7. The van der Waals surface area contributed by atoms with Crippen LogP contribution in [-0.2, 0) is 59.2 Å². The molecule has 14 N–H and O–H groups in total. The van der Waals surface area contributed by atoms with Gasteiger partial charge in [0.15, 0.2) is 0 Å². The molecule has 64 heavy (non-hydrogen) atoms. The van der Waals surface area contributed by atoms with E-state index in [1.54, 1.807) is 38.1 Å². The lowest BCUT2D eigenvalue weighted by Gasteiger charge is -2.29. The summed E-state index contributed by atoms with van der Waals surface area (Å²) in [6.45, 7) is 6.23. The number of hydrogen-bond acceptors (Lipinski definition) is 13. The quantitative estimate of drug-likeness (QED) is 0.0440. The Morgan fingerprint density at radius 2 is 1.23 bits per heavy atom. The van der Waals surface area contributed by atoms with Crippen molar-refractivity contribution in [3.8, 4) is 0 Å². The molecular formula is C40H60N10O14. The average Bonchev–Trinajstić information content (AvgIpc) is 3.72. The van der Waals surface area contributed by atoms with Gasteiger partial charge in [-0.3, -0.25) is 47.9 Å². The van der Waals surface area contributed by atoms with Gasteiger partial charge in [0.1, 0.15) is 48.3 Å². The molecule has 0 unspecified atom stereocenters. The first-order valence-corrected chi connectivity index (χ1v) is 20.5. The maximum atomic E-state index is 13.5. The van der Waals surface area contributed by atoms with Gasteiger partial charge in [0, 0.05) is 13.0 Å². The topological polar surface area (TPSA) is 388 Å². The second-order valence-electron chi connectivity index (χ2n) is 15.7. The van der Waals surface area contributed by atoms with Crippen molar-refractivity contribution in [2.24, 2.45) is 17.4 Å². The largest absolute Gasteiger partial charge is 0.481 e. The van der Waals surface area contributed by atoms with Gasteiger partial charge in [-0.1, -0.05) is 44.2 Å². The van der Waals surface area contributed by atoms with Crippen molar-refractivity contribution >= 4 is 65.1 Å². The van der Waals surface area contributed by atoms with Crippen LogP contribution in [0.4, 0.5) is 0 Å². The lowest BCUT2D eigenvalue weighted by molar-refractivity contribution is -0.145. The fourth-order valence-electron chi connectivity index (χ4n) is 6.42. The number of carboxylic acid groups (broad SMARTS) is 2. The minimum atomic E-state index is -1.78. The van der Waals surface area contributed by atoms with Crippen LogP contribution in [0.3, 0.4) is 0 Å². The number of aliphatic hydroxyl groups is 1. The maximum absolute atomic E-state index is 13.5. The minimum absolute atomic E-state index is 0.0284. The van der Waals surface area contributed by atoms with Crippen molar-refractivity contribution in [1.29, 1.82) is 0 Å². The van der Waals surface area contributed by atoms with E-state index in [2.05, 4.69) is 31.9 Å². The third-order valence-corrected chi connectivity index (χ3v) is 10.1. The number of likely N-dealkylation sites (tertiary alicyclic amines) is 1. The number of amides is 9. The predicted molar refractivity (Wildman–Crippen MR) is 224 cm³/mol. The van der Waals surface area contributed by atoms with Crippen molar-refractivity contribution in [1.82, 2.24) is 42.1 Å². The van der Waals surface area contributed by atoms with Crippen LogP contribution in [0.1, 0.15) is 72.3 Å². The molecule has 1 aromatic rings. The smallest absolute Gasteiger partial charge is 0.328 e. The zero-order valence-corrected chi connectivity index (χ0v) is 36.3. The van der Waals surface area contributed by atoms with E-state index < -0.39 is 138 Å². The van der Waals surface area contributed by atoms with E-state index in [-0.39, 0.29) is 32.2 Å². The van der Waals surface area contributed by atoms with E-state index in [0.717, 1.165) is 10.5 Å². The van der Waals surface area contributed by atoms with Gasteiger partial charge in [0.05, 0.1) is 19.1 Å². The molecule has 1 saturated heterocycles. The second kappa shape index (κ2) is 25.4. The van der Waals surface area contributed by atoms with E-state index in [9.17, 15) is 63.0 Å². The van der Waals surface area contributed by atoms with Crippen LogP contribution < -0.4 is 48.7 Å². The van der Waals surface area contributed by atoms with Crippen LogP contribution in [0.25, 0.3) is 0 Å². The van der Waals surface area contributed by atoms with E-state index in [1.807, 2.05) is 11.4 Å². The number of aliphatic carboxylic acids is 2. The molecule has 24 nitrogen and oxygen atoms in total. The van der Waals surface area contributed by atoms with Crippen LogP contribution in [-0.4, -0.2) is 153 Å². The summed E-state index contributed by atoms with van der Waals surface area (Å²) in [7, 11) is 0. The molecule has 1 aromatic carbocycles. The van der Waals surface area contributed by atoms with E-state index >= 15 is 0 Å². The number of carboxylic acids is 2. The molecule has 0 bridgehead atoms. The standard InChI is InChI=1S/C40H60N10O14/c1-19(2)31(49-34(57)24(41)16-23-10-7-6-8-11-23)38(61)44-21(4)33(56)46-25(13-14-29(42)52)35(58)43-20(3)32(55)45-22(5)39(62)50-15-9-12-28(50)37(60)47-26(17-30(53)54)36(59)48-27(18-51)40(63)64/h6-8,10-11,19-22,24-28,31,51H,9,12-18,41H2,1-5H3,(H2,42,52)(H,43,58)(H,44,61)(H,45,55)(H,46,56)(H,47,60)(H,48,59)(H,49,57)(H,53,54)(H,63,64)/t20-,21-,22-,24-,25-,26-,27-,28-,31-/m0/s1. The predicted octanol–water partition coefficient (Wildman–Crippen LogP) is -4.53. The molecule has 2 rings (SSSR count). The highest BCUT2D eigenvalue weighted by Crippen LogP contribution is 2.19. The van der Waals surface area contributed by atoms with Gasteiger partial charge in [0.2, 0.25) is 53.2 Å². The lowest BCUT2D eigenvalue weighted by atomic mass is 10.0. The second-order valence-corrected chi connectivity index (χ2v) is 15.7. The molecule has 0 aromatic heterocycles. The Bertz CT molecular complexity index is 1880. The van der Waals surface area contributed by atoms with Crippen molar-refractivity contribution in [2.45, 2.75) is 128 Å². The number of carbonyl (C=O) groups is 11. The molecule has 0 spiro atoms. The number of hydrogen-bond donors (Lipinski definition) is 12. The number of nitrogens with two attached hydrogens (primary N) is 2. The van der Waals surface area contributed by atoms with Crippen molar-refractivity contribution < 1.29 is 68.1 Å². The molecule has 1 fully saturated rings. The van der Waals surface area contributed by atoms with Gasteiger partial charge in [-0.25, -0.2) is 4.79 Å². The fourth-order valence-corrected chi connectivity index (χ4v) is 6.42. The Labute approximate surface area is 368 Å². The zero-order chi connectivity index (χ0) is 48.4. The summed E-state index contributed by atoms with van der Waals surface area (Å²) in [4.78, 5) is 141. The van der Waals surface area contributed by atoms with Gasteiger partial charge in [-0.2, -0.15) is 0 Å². The Morgan fingerprint density at radius 3 is 1.78 bits per heavy atom. The van der Waals surface area contributed by atoms with Crippen molar-refractivity contribution in [2.75, 3.05) is 13.2 Å². The summed E-state index contributed by atoms with van der Waals surface area (Å²) in [5.74, 6) is -11.3. The molecule has 9 atom stereocenters. The summed E-state index contributed by atoms with van der Waals surface area (Å²) < 4.78 is 0. The minimum Gasteiger partial charge on any atom is -0.481 e. The van der Waals surface area contributed by atoms with Gasteiger partial charge in [-0.15, -0.1) is 0 Å². The molecule has 9 amide bonds. The lowest BCUT2D eigenvalue weighted by Crippen LogP contribution is -2.59. The summed E-state index contributed by atoms with van der Waals surface area (Å²) in [5.41, 5.74) is 12.2. The third kappa shape index (κ3) is 16.9. The highest BCUT2D eigenvalue weighted by atomic mass is 16.4. The average molecular weight is 905 g/mol. The van der Waals surface area contributed by atoms with Crippen molar-refractivity contribution in [3.05, 3.63) is 35.9 Å². The molecule has 0 radical (unpaired) electrons. The summed E-state index contributed by atoms with van der Waals surface area (Å²) in [6, 6.07) is -3.20. The van der Waals surface area contributed by atoms with Crippen LogP contribution in [0.5, 0.6) is 0 Å². The first-order chi connectivity index (χ1) is 30.0. The molecular weight excluding hydrogens is 844 g/mol. The molecule has 1 aliphatic heterocycles. The molecule has 0 aliphatic carbocycles. The maximum Gasteiger partial charge on any atom is 0.328 e. The SMILES string of the molecule is CC(C)[C@H](NC(=O)[C@@H](N)Cc1ccccc1)C(=O)N[C@@H](C)C(=O)N[C@@H](CCC(N)=O)C(=O)N[C@@H](C)C(=O)N[C@@H](C)C(=O)N1CCC[C@H]1C(=O)N[C@@H](CC(=O)O)C(=O)N[C@@H](CO)C(=O)O. The van der Waals surface area contributed by atoms with Gasteiger partial charge < -0.3 is 68.9 Å². The van der Waals surface area contributed by atoms with E-state index in [0.29, 0.717) is 6.42 Å². The molecule has 24 heteroatoms. The summed E-state index contributed by atoms with van der Waals surface area (Å²) >= 11 is 0. The number of nitrogens with zero attached hydrogens (tertiary/aromatic N) is 1. The van der Waals surface area contributed by atoms with Crippen LogP contribution in [0.15, 0.2) is 30.3 Å². The Morgan fingerprint density at radius 1 is 0.688 bits per heavy atom. The third-order valence-electron chi connectivity index (χ3n) is 10.1. The Balaban J connectivity index is 2.05. The van der Waals surface area contributed by atoms with Gasteiger partial charge in [0.25, 0.3) is 0 Å². The number of aliphatic hydroxyl groups excluding tert-OH is 1. The monoisotopic (exact) mass is 904 g/mol. The molecule has 1 heterocycles. The molecule has 354 valence electrons. The Hall–Kier alpha value is -6.69. The summed E-state index contributed by atoms with van der Waals surface area (Å²) in [5, 5.41) is 44.1. The number of benzene rings is 1. The number of carbonyl (C=O) groups excluding carboxylic acids is 9. The highest BCUT2D eigenvalue weighted by molar-refractivity contribution is 5.98. The van der Waals surface area contributed by atoms with E-state index in [1.165, 1.54) is 20.8 Å². The molecule has 0 saturated carbocycles. The number of primary amides is 1. The van der Waals surface area contributed by atoms with Crippen LogP contribution in [0, 0.1) is 5.92 Å². The van der Waals surface area contributed by atoms with E-state index in [4.69, 9.17) is 16.6 Å². The normalized spacial score (nSPS) is 17.1.